The number of hydrogen-bond donors (Lipinski definition) is 10. The molecule has 0 aliphatic carbocycles. The van der Waals surface area contributed by atoms with Crippen LogP contribution in [0.15, 0.2) is 152 Å². The molecule has 9 aromatic rings. The molecule has 26 heteroatoms. The van der Waals surface area contributed by atoms with E-state index in [0.717, 1.165) is 47.0 Å². The molecule has 15 N–H and O–H groups in total. The smallest absolute Gasteiger partial charge is 0.254 e. The molecule has 3 amide bonds. The van der Waals surface area contributed by atoms with Crippen LogP contribution in [0.1, 0.15) is 57.8 Å². The zero-order chi connectivity index (χ0) is 54.7. The van der Waals surface area contributed by atoms with Gasteiger partial charge in [0.05, 0.1) is 17.1 Å². The Bertz CT molecular complexity index is 3200. The minimum Gasteiger partial charge on any atom is -0.365 e. The molecule has 0 aliphatic rings. The highest BCUT2D eigenvalue weighted by molar-refractivity contribution is 7.98. The summed E-state index contributed by atoms with van der Waals surface area (Å²) >= 11 is 1.39. The van der Waals surface area contributed by atoms with Gasteiger partial charge < -0.3 is 55.3 Å². The monoisotopic (exact) mass is 1060 g/mol. The first-order valence-corrected chi connectivity index (χ1v) is 25.2. The summed E-state index contributed by atoms with van der Waals surface area (Å²) in [6.07, 6.45) is 18.4. The summed E-state index contributed by atoms with van der Waals surface area (Å²) < 4.78 is 5.22. The van der Waals surface area contributed by atoms with Crippen molar-refractivity contribution >= 4 is 75.9 Å². The number of hydrogen-bond acceptors (Lipinski definition) is 20. The number of anilines is 8. The molecule has 0 fully saturated rings. The fourth-order valence-corrected chi connectivity index (χ4v) is 7.41. The molecule has 3 aromatic carbocycles. The lowest BCUT2D eigenvalue weighted by Gasteiger charge is -2.16. The SMILES string of the molecule is CC[C@H](CN)Nc1ncc(C(N)=O)c(Nc2cccc(-n3cccn3)c2)n1.CC[C@H](CN)Nc1ncc(C(N)=O)c(Nc2cccc(-n3cccn3)c2)n1.CSc1ncc(C(N)=O)c(Nc2cccc(-n3cccn3)c2)n1. The fraction of sp³-hybridized carbons (Fsp3) is 0.176. The average molecular weight is 1060 g/mol. The molecular weight excluding hydrogens is 1000 g/mol. The number of nitrogens with two attached hydrogens (primary N) is 5. The number of benzene rings is 3. The van der Waals surface area contributed by atoms with Gasteiger partial charge in [-0.3, -0.25) is 14.4 Å². The molecule has 77 heavy (non-hydrogen) atoms. The Kier molecular flexibility index (Phi) is 19.2. The van der Waals surface area contributed by atoms with E-state index in [0.29, 0.717) is 47.6 Å². The summed E-state index contributed by atoms with van der Waals surface area (Å²) in [5, 5.41) is 28.9. The topological polar surface area (TPSA) is 372 Å². The fourth-order valence-electron chi connectivity index (χ4n) is 7.07. The van der Waals surface area contributed by atoms with Crippen LogP contribution in [-0.4, -0.2) is 108 Å². The number of amides is 3. The van der Waals surface area contributed by atoms with Crippen molar-refractivity contribution < 1.29 is 14.4 Å². The van der Waals surface area contributed by atoms with Gasteiger partial charge >= 0.3 is 0 Å². The maximum atomic E-state index is 11.8. The molecule has 0 unspecified atom stereocenters. The summed E-state index contributed by atoms with van der Waals surface area (Å²) in [6.45, 7) is 4.93. The number of carbonyl (C=O) groups is 3. The zero-order valence-electron chi connectivity index (χ0n) is 42.2. The first-order chi connectivity index (χ1) is 37.4. The highest BCUT2D eigenvalue weighted by Gasteiger charge is 2.17. The van der Waals surface area contributed by atoms with Gasteiger partial charge in [0.2, 0.25) is 11.9 Å². The van der Waals surface area contributed by atoms with Crippen LogP contribution < -0.4 is 55.3 Å². The molecule has 0 bridgehead atoms. The number of thioether (sulfide) groups is 1. The Morgan fingerprint density at radius 2 is 0.870 bits per heavy atom. The number of nitrogens with one attached hydrogen (secondary N) is 5. The van der Waals surface area contributed by atoms with Crippen LogP contribution in [0.4, 0.5) is 46.4 Å². The number of carbonyl (C=O) groups excluding carboxylic acids is 3. The first kappa shape index (κ1) is 55.0. The van der Waals surface area contributed by atoms with Gasteiger partial charge in [-0.25, -0.2) is 34.0 Å². The third kappa shape index (κ3) is 15.2. The molecule has 6 aromatic heterocycles. The summed E-state index contributed by atoms with van der Waals surface area (Å²) in [4.78, 5) is 60.6. The Labute approximate surface area is 446 Å². The maximum Gasteiger partial charge on any atom is 0.254 e. The highest BCUT2D eigenvalue weighted by atomic mass is 32.2. The van der Waals surface area contributed by atoms with Crippen molar-refractivity contribution in [3.63, 3.8) is 0 Å². The molecule has 0 radical (unpaired) electrons. The predicted molar refractivity (Wildman–Crippen MR) is 297 cm³/mol. The van der Waals surface area contributed by atoms with Crippen LogP contribution in [0, 0.1) is 0 Å². The van der Waals surface area contributed by atoms with Gasteiger partial charge in [-0.05, 0) is 91.9 Å². The molecule has 0 saturated heterocycles. The number of nitrogens with zero attached hydrogens (tertiary/aromatic N) is 12. The van der Waals surface area contributed by atoms with E-state index < -0.39 is 17.7 Å². The first-order valence-electron chi connectivity index (χ1n) is 24.0. The summed E-state index contributed by atoms with van der Waals surface area (Å²) in [5.41, 5.74) is 33.3. The van der Waals surface area contributed by atoms with E-state index in [1.807, 2.05) is 130 Å². The molecule has 2 atom stereocenters. The van der Waals surface area contributed by atoms with Crippen LogP contribution in [0.25, 0.3) is 17.1 Å². The van der Waals surface area contributed by atoms with Gasteiger partial charge in [-0.2, -0.15) is 25.3 Å². The molecule has 0 aliphatic heterocycles. The predicted octanol–water partition coefficient (Wildman–Crippen LogP) is 5.53. The van der Waals surface area contributed by atoms with E-state index in [1.165, 1.54) is 30.4 Å². The summed E-state index contributed by atoms with van der Waals surface area (Å²) in [5.74, 6) is -0.0193. The number of aromatic nitrogens is 12. The van der Waals surface area contributed by atoms with Crippen molar-refractivity contribution in [1.82, 2.24) is 59.2 Å². The summed E-state index contributed by atoms with van der Waals surface area (Å²) in [6, 6.07) is 28.3. The Balaban J connectivity index is 0.000000168. The van der Waals surface area contributed by atoms with Gasteiger partial charge in [0, 0.05) is 98.0 Å². The molecular formula is C51H58N22O3S. The maximum absolute atomic E-state index is 11.8. The Hall–Kier alpha value is -9.79. The standard InChI is InChI=1S/2C18H22N8O.C15H14N6OS/c2*1-2-12(10-19)24-18-21-11-15(16(20)27)17(25-18)23-13-5-3-6-14(9-13)26-8-4-7-22-26;1-23-15-17-9-12(13(16)22)14(20-15)19-10-4-2-5-11(8-10)21-7-3-6-18-21/h2*3-9,11-12H,2,10,19H2,1H3,(H2,20,27)(H2,21,23,24,25);2-9H,1H3,(H2,16,22)(H,17,19,20)/t2*12-;/m11./s1. The quantitative estimate of drug-likeness (QED) is 0.0312. The van der Waals surface area contributed by atoms with Gasteiger partial charge in [-0.1, -0.05) is 43.8 Å². The molecule has 25 nitrogen and oxygen atoms in total. The lowest BCUT2D eigenvalue weighted by atomic mass is 10.2. The second kappa shape index (κ2) is 27.0. The largest absolute Gasteiger partial charge is 0.365 e. The third-order valence-corrected chi connectivity index (χ3v) is 11.7. The van der Waals surface area contributed by atoms with Crippen molar-refractivity contribution in [2.45, 2.75) is 43.9 Å². The normalized spacial score (nSPS) is 11.4. The van der Waals surface area contributed by atoms with E-state index in [2.05, 4.69) is 71.8 Å². The average Bonchev–Trinajstić information content (AvgIpc) is 4.29. The molecule has 6 heterocycles. The second-order valence-electron chi connectivity index (χ2n) is 16.5. The molecule has 396 valence electrons. The number of primary amides is 3. The summed E-state index contributed by atoms with van der Waals surface area (Å²) in [7, 11) is 0. The third-order valence-electron chi connectivity index (χ3n) is 11.2. The zero-order valence-corrected chi connectivity index (χ0v) is 43.0. The Morgan fingerprint density at radius 3 is 1.17 bits per heavy atom. The minimum atomic E-state index is -0.613. The minimum absolute atomic E-state index is 0.0421. The van der Waals surface area contributed by atoms with Gasteiger partial charge in [0.1, 0.15) is 34.1 Å². The van der Waals surface area contributed by atoms with Crippen molar-refractivity contribution in [2.24, 2.45) is 28.7 Å². The van der Waals surface area contributed by atoms with Crippen molar-refractivity contribution in [3.05, 3.63) is 163 Å². The van der Waals surface area contributed by atoms with E-state index in [1.54, 1.807) is 32.6 Å². The van der Waals surface area contributed by atoms with Crippen LogP contribution in [0.5, 0.6) is 0 Å². The molecule has 9 rings (SSSR count). The van der Waals surface area contributed by atoms with E-state index in [-0.39, 0.29) is 28.8 Å². The number of rotatable bonds is 21. The van der Waals surface area contributed by atoms with Crippen LogP contribution >= 0.6 is 11.8 Å². The Morgan fingerprint density at radius 1 is 0.519 bits per heavy atom. The van der Waals surface area contributed by atoms with E-state index in [4.69, 9.17) is 28.7 Å². The van der Waals surface area contributed by atoms with Crippen LogP contribution in [0.3, 0.4) is 0 Å². The van der Waals surface area contributed by atoms with Crippen LogP contribution in [0.2, 0.25) is 0 Å². The second-order valence-corrected chi connectivity index (χ2v) is 17.2. The van der Waals surface area contributed by atoms with Gasteiger partial charge in [0.15, 0.2) is 5.16 Å². The van der Waals surface area contributed by atoms with Crippen molar-refractivity contribution in [2.75, 3.05) is 45.9 Å². The van der Waals surface area contributed by atoms with Crippen molar-refractivity contribution in [3.8, 4) is 17.1 Å². The van der Waals surface area contributed by atoms with E-state index >= 15 is 0 Å². The lowest BCUT2D eigenvalue weighted by molar-refractivity contribution is 0.0991. The highest BCUT2D eigenvalue weighted by Crippen LogP contribution is 2.25. The van der Waals surface area contributed by atoms with Crippen LogP contribution in [-0.2, 0) is 0 Å². The lowest BCUT2D eigenvalue weighted by Crippen LogP contribution is -2.29. The van der Waals surface area contributed by atoms with E-state index in [9.17, 15) is 14.4 Å². The van der Waals surface area contributed by atoms with Gasteiger partial charge in [0.25, 0.3) is 17.7 Å². The van der Waals surface area contributed by atoms with Gasteiger partial charge in [-0.15, -0.1) is 0 Å². The molecule has 0 spiro atoms. The van der Waals surface area contributed by atoms with Crippen molar-refractivity contribution in [1.29, 1.82) is 0 Å². The molecule has 0 saturated carbocycles.